The highest BCUT2D eigenvalue weighted by molar-refractivity contribution is 5.95. The Hall–Kier alpha value is -3.41. The number of benzene rings is 3. The highest BCUT2D eigenvalue weighted by Crippen LogP contribution is 2.34. The summed E-state index contributed by atoms with van der Waals surface area (Å²) in [6, 6.07) is 27.4. The van der Waals surface area contributed by atoms with E-state index in [4.69, 9.17) is 4.74 Å². The molecule has 2 atom stereocenters. The van der Waals surface area contributed by atoms with Crippen LogP contribution in [0, 0.1) is 6.92 Å². The van der Waals surface area contributed by atoms with Crippen molar-refractivity contribution in [3.63, 3.8) is 0 Å². The second-order valence-corrected chi connectivity index (χ2v) is 10.3. The lowest BCUT2D eigenvalue weighted by Gasteiger charge is -2.47. The van der Waals surface area contributed by atoms with Crippen molar-refractivity contribution in [3.8, 4) is 5.75 Å². The molecule has 3 aromatic carbocycles. The number of nitrogens with zero attached hydrogens (tertiary/aromatic N) is 1. The van der Waals surface area contributed by atoms with Crippen LogP contribution in [0.25, 0.3) is 0 Å². The first-order valence-electron chi connectivity index (χ1n) is 13.3. The van der Waals surface area contributed by atoms with Gasteiger partial charge in [0.2, 0.25) is 0 Å². The number of hydrogen-bond donors (Lipinski definition) is 2. The third kappa shape index (κ3) is 5.79. The third-order valence-corrected chi connectivity index (χ3v) is 7.69. The number of nitrogens with one attached hydrogen (secondary N) is 2. The van der Waals surface area contributed by atoms with E-state index in [9.17, 15) is 4.79 Å². The van der Waals surface area contributed by atoms with Gasteiger partial charge in [-0.05, 0) is 48.1 Å². The maximum absolute atomic E-state index is 13.3. The number of hydrogen-bond acceptors (Lipinski definition) is 4. The molecule has 0 saturated carbocycles. The van der Waals surface area contributed by atoms with Gasteiger partial charge in [0.1, 0.15) is 5.75 Å². The monoisotopic (exact) mass is 495 g/mol. The lowest BCUT2D eigenvalue weighted by Crippen LogP contribution is -2.65. The van der Waals surface area contributed by atoms with Crippen LogP contribution in [0.5, 0.6) is 5.75 Å². The summed E-state index contributed by atoms with van der Waals surface area (Å²) in [5, 5.41) is 7.42. The third-order valence-electron chi connectivity index (χ3n) is 7.69. The Morgan fingerprint density at radius 2 is 1.70 bits per heavy atom. The Bertz CT molecular complexity index is 1240. The maximum atomic E-state index is 13.3. The van der Waals surface area contributed by atoms with Crippen LogP contribution in [0.15, 0.2) is 90.5 Å². The summed E-state index contributed by atoms with van der Waals surface area (Å²) in [4.78, 5) is 15.2. The number of carbonyl (C=O) groups excluding carboxylic acids is 1. The topological polar surface area (TPSA) is 53.6 Å². The van der Waals surface area contributed by atoms with Crippen molar-refractivity contribution in [1.82, 2.24) is 15.5 Å². The zero-order chi connectivity index (χ0) is 25.7. The molecule has 0 spiro atoms. The smallest absolute Gasteiger partial charge is 0.250 e. The van der Waals surface area contributed by atoms with Crippen molar-refractivity contribution in [2.75, 3.05) is 33.3 Å². The zero-order valence-electron chi connectivity index (χ0n) is 21.9. The highest BCUT2D eigenvalue weighted by atomic mass is 16.5. The molecule has 37 heavy (non-hydrogen) atoms. The summed E-state index contributed by atoms with van der Waals surface area (Å²) in [6.07, 6.45) is 4.69. The number of likely N-dealkylation sites (N-methyl/N-ethyl adjacent to an activating group) is 1. The van der Waals surface area contributed by atoms with Gasteiger partial charge in [-0.2, -0.15) is 0 Å². The molecule has 1 fully saturated rings. The van der Waals surface area contributed by atoms with Gasteiger partial charge in [-0.1, -0.05) is 78.9 Å². The zero-order valence-corrected chi connectivity index (χ0v) is 21.9. The number of rotatable bonds is 9. The fourth-order valence-corrected chi connectivity index (χ4v) is 5.40. The van der Waals surface area contributed by atoms with E-state index in [2.05, 4.69) is 66.1 Å². The molecule has 2 unspecified atom stereocenters. The van der Waals surface area contributed by atoms with E-state index in [0.717, 1.165) is 49.2 Å². The van der Waals surface area contributed by atoms with E-state index >= 15 is 0 Å². The van der Waals surface area contributed by atoms with Crippen molar-refractivity contribution in [1.29, 1.82) is 0 Å². The molecule has 2 aliphatic heterocycles. The Kier molecular flexibility index (Phi) is 7.73. The van der Waals surface area contributed by atoms with Crippen LogP contribution in [0.3, 0.4) is 0 Å². The summed E-state index contributed by atoms with van der Waals surface area (Å²) in [5.41, 5.74) is 5.62. The largest absolute Gasteiger partial charge is 0.493 e. The number of carbonyl (C=O) groups is 1. The van der Waals surface area contributed by atoms with Gasteiger partial charge in [-0.3, -0.25) is 10.1 Å². The second kappa shape index (κ2) is 11.3. The van der Waals surface area contributed by atoms with E-state index in [1.807, 2.05) is 48.3 Å². The number of amides is 1. The first-order chi connectivity index (χ1) is 18.0. The molecular formula is C32H37N3O2. The molecule has 2 aliphatic rings. The molecule has 2 heterocycles. The number of fused-ring (bicyclic) bond motifs is 2. The Morgan fingerprint density at radius 3 is 2.49 bits per heavy atom. The molecule has 192 valence electrons. The first kappa shape index (κ1) is 25.2. The SMILES string of the molecule is Cc1ccccc1OCCc1ccc(C23CC=C(C(=O)N(C)CCc4ccccc4)C(CNC2)N3)cc1. The van der Waals surface area contributed by atoms with Crippen molar-refractivity contribution in [3.05, 3.63) is 113 Å². The minimum atomic E-state index is -0.189. The average Bonchev–Trinajstić information content (AvgIpc) is 2.93. The van der Waals surface area contributed by atoms with Crippen molar-refractivity contribution >= 4 is 5.91 Å². The quantitative estimate of drug-likeness (QED) is 0.462. The van der Waals surface area contributed by atoms with E-state index in [-0.39, 0.29) is 17.5 Å². The van der Waals surface area contributed by atoms with Gasteiger partial charge in [-0.15, -0.1) is 0 Å². The number of para-hydroxylation sites is 1. The summed E-state index contributed by atoms with van der Waals surface area (Å²) >= 11 is 0. The summed E-state index contributed by atoms with van der Waals surface area (Å²) < 4.78 is 5.98. The molecule has 2 N–H and O–H groups in total. The average molecular weight is 496 g/mol. The lowest BCUT2D eigenvalue weighted by molar-refractivity contribution is -0.126. The molecule has 5 nitrogen and oxygen atoms in total. The Morgan fingerprint density at radius 1 is 0.973 bits per heavy atom. The number of piperazine rings is 1. The van der Waals surface area contributed by atoms with Gasteiger partial charge in [0.15, 0.2) is 0 Å². The highest BCUT2D eigenvalue weighted by Gasteiger charge is 2.42. The molecule has 0 aliphatic carbocycles. The molecule has 1 amide bonds. The lowest BCUT2D eigenvalue weighted by atomic mass is 9.78. The molecule has 0 aromatic heterocycles. The summed E-state index contributed by atoms with van der Waals surface area (Å²) in [7, 11) is 1.91. The Balaban J connectivity index is 1.20. The van der Waals surface area contributed by atoms with Gasteiger partial charge < -0.3 is 15.0 Å². The van der Waals surface area contributed by atoms with Crippen molar-refractivity contribution in [2.45, 2.75) is 37.8 Å². The van der Waals surface area contributed by atoms with Crippen molar-refractivity contribution in [2.24, 2.45) is 0 Å². The Labute approximate surface area is 220 Å². The maximum Gasteiger partial charge on any atom is 0.250 e. The number of ether oxygens (including phenoxy) is 1. The van der Waals surface area contributed by atoms with Gasteiger partial charge in [0.05, 0.1) is 18.2 Å². The van der Waals surface area contributed by atoms with Gasteiger partial charge in [0.25, 0.3) is 5.91 Å². The normalized spacial score (nSPS) is 20.7. The predicted molar refractivity (Wildman–Crippen MR) is 149 cm³/mol. The molecule has 2 bridgehead atoms. The molecule has 0 radical (unpaired) electrons. The fraction of sp³-hybridized carbons (Fsp3) is 0.344. The molecule has 5 heteroatoms. The van der Waals surface area contributed by atoms with Crippen LogP contribution >= 0.6 is 0 Å². The van der Waals surface area contributed by atoms with Crippen LogP contribution in [0.1, 0.15) is 28.7 Å². The second-order valence-electron chi connectivity index (χ2n) is 10.3. The first-order valence-corrected chi connectivity index (χ1v) is 13.3. The standard InChI is InChI=1S/C32H37N3O2/c1-24-8-6-7-11-30(24)37-21-18-26-12-14-27(15-13-26)32-19-16-28(29(34-32)22-33-23-32)31(36)35(2)20-17-25-9-4-3-5-10-25/h3-16,29,33-34H,17-23H2,1-2H3. The minimum absolute atomic E-state index is 0.0105. The van der Waals surface area contributed by atoms with Crippen LogP contribution < -0.4 is 15.4 Å². The van der Waals surface area contributed by atoms with E-state index in [1.54, 1.807) is 0 Å². The molecule has 5 rings (SSSR count). The van der Waals surface area contributed by atoms with Crippen molar-refractivity contribution < 1.29 is 9.53 Å². The van der Waals surface area contributed by atoms with E-state index < -0.39 is 0 Å². The van der Waals surface area contributed by atoms with Gasteiger partial charge >= 0.3 is 0 Å². The molecule has 3 aromatic rings. The summed E-state index contributed by atoms with van der Waals surface area (Å²) in [5.74, 6) is 1.07. The number of aryl methyl sites for hydroxylation is 1. The van der Waals surface area contributed by atoms with Crippen LogP contribution in [-0.2, 0) is 23.2 Å². The van der Waals surface area contributed by atoms with Crippen LogP contribution in [0.2, 0.25) is 0 Å². The molecule has 1 saturated heterocycles. The predicted octanol–water partition coefficient (Wildman–Crippen LogP) is 4.40. The van der Waals surface area contributed by atoms with Crippen LogP contribution in [-0.4, -0.2) is 50.1 Å². The van der Waals surface area contributed by atoms with E-state index in [1.165, 1.54) is 16.7 Å². The molecular weight excluding hydrogens is 458 g/mol. The minimum Gasteiger partial charge on any atom is -0.493 e. The van der Waals surface area contributed by atoms with Crippen LogP contribution in [0.4, 0.5) is 0 Å². The fourth-order valence-electron chi connectivity index (χ4n) is 5.40. The summed E-state index contributed by atoms with van der Waals surface area (Å²) in [6.45, 7) is 5.05. The van der Waals surface area contributed by atoms with Gasteiger partial charge in [-0.25, -0.2) is 0 Å². The van der Waals surface area contributed by atoms with E-state index in [0.29, 0.717) is 13.2 Å². The van der Waals surface area contributed by atoms with Gasteiger partial charge in [0, 0.05) is 38.7 Å².